The fourth-order valence-electron chi connectivity index (χ4n) is 2.90. The number of hydrogen-bond donors (Lipinski definition) is 1. The van der Waals surface area contributed by atoms with Gasteiger partial charge < -0.3 is 14.8 Å². The zero-order valence-electron chi connectivity index (χ0n) is 13.9. The molecule has 1 N–H and O–H groups in total. The highest BCUT2D eigenvalue weighted by Gasteiger charge is 2.32. The predicted molar refractivity (Wildman–Crippen MR) is 86.9 cm³/mol. The smallest absolute Gasteiger partial charge is 0.249 e. The van der Waals surface area contributed by atoms with Crippen LogP contribution in [0.25, 0.3) is 0 Å². The first kappa shape index (κ1) is 17.0. The third-order valence-corrected chi connectivity index (χ3v) is 4.24. The van der Waals surface area contributed by atoms with Crippen LogP contribution in [0.4, 0.5) is 0 Å². The summed E-state index contributed by atoms with van der Waals surface area (Å²) in [4.78, 5) is 12.3. The van der Waals surface area contributed by atoms with Crippen LogP contribution in [0.2, 0.25) is 0 Å². The van der Waals surface area contributed by atoms with Gasteiger partial charge in [0, 0.05) is 12.1 Å². The van der Waals surface area contributed by atoms with Crippen molar-refractivity contribution in [1.82, 2.24) is 5.32 Å². The zero-order valence-corrected chi connectivity index (χ0v) is 13.9. The molecule has 2 atom stereocenters. The maximum Gasteiger partial charge on any atom is 0.249 e. The Morgan fingerprint density at radius 3 is 2.77 bits per heavy atom. The molecule has 2 rings (SSSR count). The lowest BCUT2D eigenvalue weighted by atomic mass is 9.79. The number of ether oxygens (including phenoxy) is 2. The van der Waals surface area contributed by atoms with Gasteiger partial charge in [-0.3, -0.25) is 4.79 Å². The Kier molecular flexibility index (Phi) is 5.98. The molecular formula is C18H27NO3. The summed E-state index contributed by atoms with van der Waals surface area (Å²) in [5.41, 5.74) is 2.54. The number of aryl methyl sites for hydroxylation is 1. The van der Waals surface area contributed by atoms with Gasteiger partial charge in [-0.25, -0.2) is 0 Å². The second-order valence-electron chi connectivity index (χ2n) is 6.21. The number of hydrogen-bond acceptors (Lipinski definition) is 3. The molecule has 22 heavy (non-hydrogen) atoms. The first-order chi connectivity index (χ1) is 10.5. The average molecular weight is 305 g/mol. The number of carbonyl (C=O) groups excluding carboxylic acids is 1. The molecule has 1 amide bonds. The van der Waals surface area contributed by atoms with E-state index < -0.39 is 6.10 Å². The van der Waals surface area contributed by atoms with E-state index in [1.165, 1.54) is 11.1 Å². The van der Waals surface area contributed by atoms with E-state index in [0.29, 0.717) is 19.8 Å². The van der Waals surface area contributed by atoms with Gasteiger partial charge in [0.2, 0.25) is 5.91 Å². The lowest BCUT2D eigenvalue weighted by Gasteiger charge is -2.36. The molecule has 4 nitrogen and oxygen atoms in total. The van der Waals surface area contributed by atoms with Crippen molar-refractivity contribution in [3.63, 3.8) is 0 Å². The molecule has 0 unspecified atom stereocenters. The van der Waals surface area contributed by atoms with Crippen molar-refractivity contribution in [2.75, 3.05) is 19.8 Å². The third kappa shape index (κ3) is 4.55. The molecule has 122 valence electrons. The van der Waals surface area contributed by atoms with E-state index in [9.17, 15) is 4.79 Å². The Balaban J connectivity index is 1.86. The minimum absolute atomic E-state index is 0.0432. The summed E-state index contributed by atoms with van der Waals surface area (Å²) in [6, 6.07) is 8.47. The van der Waals surface area contributed by atoms with Crippen LogP contribution in [0.1, 0.15) is 38.3 Å². The Hall–Kier alpha value is -1.39. The molecule has 0 fully saturated rings. The number of carbonyl (C=O) groups is 1. The van der Waals surface area contributed by atoms with E-state index in [0.717, 1.165) is 19.3 Å². The van der Waals surface area contributed by atoms with Crippen molar-refractivity contribution in [2.24, 2.45) is 0 Å². The van der Waals surface area contributed by atoms with E-state index in [1.807, 2.05) is 6.92 Å². The van der Waals surface area contributed by atoms with Gasteiger partial charge in [-0.15, -0.1) is 0 Å². The number of nitrogens with one attached hydrogen (secondary N) is 1. The fourth-order valence-corrected chi connectivity index (χ4v) is 2.90. The van der Waals surface area contributed by atoms with Gasteiger partial charge >= 0.3 is 0 Å². The summed E-state index contributed by atoms with van der Waals surface area (Å²) in [5, 5.41) is 3.17. The van der Waals surface area contributed by atoms with E-state index >= 15 is 0 Å². The normalized spacial score (nSPS) is 22.0. The average Bonchev–Trinajstić information content (AvgIpc) is 2.50. The summed E-state index contributed by atoms with van der Waals surface area (Å²) in [6.07, 6.45) is 2.39. The molecule has 1 aromatic rings. The minimum atomic E-state index is -0.450. The van der Waals surface area contributed by atoms with E-state index in [1.54, 1.807) is 6.92 Å². The van der Waals surface area contributed by atoms with E-state index in [-0.39, 0.29) is 11.4 Å². The quantitative estimate of drug-likeness (QED) is 0.787. The van der Waals surface area contributed by atoms with Gasteiger partial charge in [0.15, 0.2) is 0 Å². The third-order valence-electron chi connectivity index (χ3n) is 4.24. The highest BCUT2D eigenvalue weighted by Crippen LogP contribution is 2.28. The second-order valence-corrected chi connectivity index (χ2v) is 6.21. The molecule has 1 aliphatic rings. The van der Waals surface area contributed by atoms with Crippen LogP contribution in [0.15, 0.2) is 24.3 Å². The highest BCUT2D eigenvalue weighted by atomic mass is 16.5. The summed E-state index contributed by atoms with van der Waals surface area (Å²) in [7, 11) is 0. The summed E-state index contributed by atoms with van der Waals surface area (Å²) in [6.45, 7) is 7.50. The SMILES string of the molecule is CCOCCO[C@H](C)C(=O)N[C@@]1(C)CCc2ccccc2C1. The lowest BCUT2D eigenvalue weighted by molar-refractivity contribution is -0.134. The van der Waals surface area contributed by atoms with Gasteiger partial charge in [-0.2, -0.15) is 0 Å². The minimum Gasteiger partial charge on any atom is -0.379 e. The van der Waals surface area contributed by atoms with Crippen LogP contribution in [-0.4, -0.2) is 37.4 Å². The van der Waals surface area contributed by atoms with Crippen molar-refractivity contribution in [1.29, 1.82) is 0 Å². The van der Waals surface area contributed by atoms with E-state index in [2.05, 4.69) is 36.5 Å². The van der Waals surface area contributed by atoms with E-state index in [4.69, 9.17) is 9.47 Å². The first-order valence-corrected chi connectivity index (χ1v) is 8.12. The summed E-state index contributed by atoms with van der Waals surface area (Å²) >= 11 is 0. The lowest BCUT2D eigenvalue weighted by Crippen LogP contribution is -2.52. The first-order valence-electron chi connectivity index (χ1n) is 8.12. The Labute approximate surface area is 133 Å². The van der Waals surface area contributed by atoms with Gasteiger partial charge in [-0.1, -0.05) is 24.3 Å². The van der Waals surface area contributed by atoms with Gasteiger partial charge in [0.05, 0.1) is 13.2 Å². The van der Waals surface area contributed by atoms with Gasteiger partial charge in [0.1, 0.15) is 6.10 Å². The summed E-state index contributed by atoms with van der Waals surface area (Å²) in [5.74, 6) is -0.0432. The molecule has 1 aromatic carbocycles. The molecule has 4 heteroatoms. The summed E-state index contributed by atoms with van der Waals surface area (Å²) < 4.78 is 10.7. The molecule has 0 aliphatic heterocycles. The van der Waals surface area contributed by atoms with Crippen LogP contribution in [0.5, 0.6) is 0 Å². The molecule has 0 saturated carbocycles. The van der Waals surface area contributed by atoms with Crippen molar-refractivity contribution in [3.05, 3.63) is 35.4 Å². The van der Waals surface area contributed by atoms with Crippen LogP contribution >= 0.6 is 0 Å². The van der Waals surface area contributed by atoms with Crippen molar-refractivity contribution in [3.8, 4) is 0 Å². The van der Waals surface area contributed by atoms with Crippen LogP contribution in [-0.2, 0) is 27.1 Å². The number of rotatable bonds is 7. The standard InChI is InChI=1S/C18H27NO3/c1-4-21-11-12-22-14(2)17(20)19-18(3)10-9-15-7-5-6-8-16(15)13-18/h5-8,14H,4,9-13H2,1-3H3,(H,19,20)/t14-,18+/m1/s1. The Bertz CT molecular complexity index is 503. The number of amides is 1. The monoisotopic (exact) mass is 305 g/mol. The van der Waals surface area contributed by atoms with Crippen LogP contribution in [0.3, 0.4) is 0 Å². The Morgan fingerprint density at radius 1 is 1.32 bits per heavy atom. The number of benzene rings is 1. The molecule has 0 aromatic heterocycles. The van der Waals surface area contributed by atoms with Gasteiger partial charge in [0.25, 0.3) is 0 Å². The van der Waals surface area contributed by atoms with Crippen molar-refractivity contribution >= 4 is 5.91 Å². The van der Waals surface area contributed by atoms with Crippen molar-refractivity contribution in [2.45, 2.75) is 51.7 Å². The fraction of sp³-hybridized carbons (Fsp3) is 0.611. The maximum atomic E-state index is 12.3. The van der Waals surface area contributed by atoms with Crippen molar-refractivity contribution < 1.29 is 14.3 Å². The second kappa shape index (κ2) is 7.75. The van der Waals surface area contributed by atoms with Crippen LogP contribution < -0.4 is 5.32 Å². The van der Waals surface area contributed by atoms with Crippen LogP contribution in [0, 0.1) is 0 Å². The maximum absolute atomic E-state index is 12.3. The molecule has 0 radical (unpaired) electrons. The van der Waals surface area contributed by atoms with Gasteiger partial charge in [-0.05, 0) is 51.2 Å². The zero-order chi connectivity index (χ0) is 16.0. The molecule has 1 aliphatic carbocycles. The Morgan fingerprint density at radius 2 is 2.05 bits per heavy atom. The molecular weight excluding hydrogens is 278 g/mol. The predicted octanol–water partition coefficient (Wildman–Crippen LogP) is 2.49. The highest BCUT2D eigenvalue weighted by molar-refractivity contribution is 5.81. The largest absolute Gasteiger partial charge is 0.379 e. The molecule has 0 spiro atoms. The molecule has 0 saturated heterocycles. The topological polar surface area (TPSA) is 47.6 Å². The molecule has 0 heterocycles. The number of fused-ring (bicyclic) bond motifs is 1. The molecule has 0 bridgehead atoms.